The second-order valence-corrected chi connectivity index (χ2v) is 5.62. The zero-order chi connectivity index (χ0) is 18.6. The molecule has 3 aromatic rings. The van der Waals surface area contributed by atoms with Crippen LogP contribution in [0, 0.1) is 0 Å². The number of carboxylic acids is 1. The van der Waals surface area contributed by atoms with Gasteiger partial charge in [-0.1, -0.05) is 6.07 Å². The van der Waals surface area contributed by atoms with E-state index in [1.165, 1.54) is 31.4 Å². The normalized spacial score (nSPS) is 12.6. The van der Waals surface area contributed by atoms with Crippen LogP contribution in [0.15, 0.2) is 24.3 Å². The molecule has 9 heteroatoms. The summed E-state index contributed by atoms with van der Waals surface area (Å²) in [4.78, 5) is 11.8. The van der Waals surface area contributed by atoms with Crippen molar-refractivity contribution in [3.05, 3.63) is 29.8 Å². The predicted molar refractivity (Wildman–Crippen MR) is 86.6 cm³/mol. The minimum Gasteiger partial charge on any atom is -0.872 e. The number of carbonyl (C=O) groups is 1. The second-order valence-electron chi connectivity index (χ2n) is 5.62. The maximum absolute atomic E-state index is 12.1. The lowest BCUT2D eigenvalue weighted by atomic mass is 9.94. The molecule has 1 aliphatic heterocycles. The van der Waals surface area contributed by atoms with E-state index >= 15 is 0 Å². The highest BCUT2D eigenvalue weighted by molar-refractivity contribution is 6.23. The van der Waals surface area contributed by atoms with Gasteiger partial charge in [-0.3, -0.25) is 10.4 Å². The second kappa shape index (κ2) is 5.55. The third-order valence-corrected chi connectivity index (χ3v) is 4.25. The van der Waals surface area contributed by atoms with Crippen LogP contribution in [0.1, 0.15) is 10.4 Å². The maximum Gasteiger partial charge on any atom is 0.336 e. The molecule has 134 valence electrons. The van der Waals surface area contributed by atoms with Crippen LogP contribution in [0.4, 0.5) is 5.69 Å². The molecule has 0 spiro atoms. The summed E-state index contributed by atoms with van der Waals surface area (Å²) in [5.41, 5.74) is -0.440. The molecule has 0 saturated heterocycles. The number of hydrogen-bond donors (Lipinski definition) is 3. The van der Waals surface area contributed by atoms with E-state index in [9.17, 15) is 25.4 Å². The fourth-order valence-corrected chi connectivity index (χ4v) is 3.23. The quantitative estimate of drug-likeness (QED) is 0.475. The largest absolute Gasteiger partial charge is 0.872 e. The summed E-state index contributed by atoms with van der Waals surface area (Å²) in [6.07, 6.45) is 0. The van der Waals surface area contributed by atoms with Crippen molar-refractivity contribution in [3.63, 3.8) is 0 Å². The van der Waals surface area contributed by atoms with Gasteiger partial charge in [0.1, 0.15) is 11.4 Å². The summed E-state index contributed by atoms with van der Waals surface area (Å²) in [5, 5.41) is 41.8. The van der Waals surface area contributed by atoms with Gasteiger partial charge in [0.2, 0.25) is 6.79 Å². The first-order valence-corrected chi connectivity index (χ1v) is 7.41. The number of nitrogens with zero attached hydrogens (tertiary/aromatic N) is 1. The fraction of sp³-hybridized carbons (Fsp3) is 0.118. The third-order valence-electron chi connectivity index (χ3n) is 4.25. The minimum absolute atomic E-state index is 0.00750. The van der Waals surface area contributed by atoms with Gasteiger partial charge in [-0.05, 0) is 23.6 Å². The molecule has 0 saturated carbocycles. The van der Waals surface area contributed by atoms with Gasteiger partial charge in [-0.25, -0.2) is 4.79 Å². The van der Waals surface area contributed by atoms with Gasteiger partial charge in [0, 0.05) is 16.2 Å². The van der Waals surface area contributed by atoms with Gasteiger partial charge < -0.3 is 24.4 Å². The van der Waals surface area contributed by atoms with Gasteiger partial charge in [0.15, 0.2) is 11.5 Å². The van der Waals surface area contributed by atoms with E-state index in [-0.39, 0.29) is 57.0 Å². The molecule has 0 atom stereocenters. The van der Waals surface area contributed by atoms with Crippen molar-refractivity contribution in [3.8, 4) is 23.0 Å². The molecule has 4 rings (SSSR count). The Morgan fingerprint density at radius 2 is 1.92 bits per heavy atom. The van der Waals surface area contributed by atoms with Crippen molar-refractivity contribution < 1.29 is 39.6 Å². The Morgan fingerprint density at radius 3 is 2.58 bits per heavy atom. The van der Waals surface area contributed by atoms with Crippen LogP contribution in [0.2, 0.25) is 0 Å². The Labute approximate surface area is 145 Å². The number of benzene rings is 3. The van der Waals surface area contributed by atoms with E-state index in [1.54, 1.807) is 0 Å². The summed E-state index contributed by atoms with van der Waals surface area (Å²) >= 11 is 0. The van der Waals surface area contributed by atoms with Gasteiger partial charge in [0.05, 0.1) is 12.7 Å². The van der Waals surface area contributed by atoms with Crippen LogP contribution in [0.25, 0.3) is 21.5 Å². The van der Waals surface area contributed by atoms with Crippen molar-refractivity contribution >= 4 is 33.2 Å². The van der Waals surface area contributed by atoms with E-state index in [2.05, 4.69) is 0 Å². The SMILES string of the molecule is COc1cc([O-])cc2c1cc(N(O)O)c1c(C(=O)O)cc3c(c12)OCO3. The summed E-state index contributed by atoms with van der Waals surface area (Å²) in [7, 11) is 1.37. The van der Waals surface area contributed by atoms with Crippen LogP contribution in [-0.4, -0.2) is 35.4 Å². The molecule has 0 aromatic heterocycles. The van der Waals surface area contributed by atoms with E-state index in [0.717, 1.165) is 0 Å². The number of rotatable bonds is 3. The van der Waals surface area contributed by atoms with E-state index in [1.807, 2.05) is 0 Å². The first-order valence-electron chi connectivity index (χ1n) is 7.41. The molecular formula is C17H12NO8-. The highest BCUT2D eigenvalue weighted by atomic mass is 16.8. The summed E-state index contributed by atoms with van der Waals surface area (Å²) in [6.45, 7) is -0.130. The summed E-state index contributed by atoms with van der Waals surface area (Å²) in [5.74, 6) is -1.06. The molecule has 0 unspecified atom stereocenters. The van der Waals surface area contributed by atoms with Crippen LogP contribution in [0.5, 0.6) is 23.0 Å². The molecule has 1 aliphatic rings. The lowest BCUT2D eigenvalue weighted by Gasteiger charge is -2.19. The molecule has 1 heterocycles. The number of hydrogen-bond acceptors (Lipinski definition) is 8. The number of carboxylic acid groups (broad SMARTS) is 1. The Hall–Kier alpha value is -3.43. The third kappa shape index (κ3) is 2.15. The Kier molecular flexibility index (Phi) is 3.43. The van der Waals surface area contributed by atoms with Crippen molar-refractivity contribution in [1.29, 1.82) is 0 Å². The summed E-state index contributed by atoms with van der Waals surface area (Å²) in [6, 6.07) is 5.11. The Bertz CT molecular complexity index is 1080. The van der Waals surface area contributed by atoms with Crippen LogP contribution < -0.4 is 24.5 Å². The van der Waals surface area contributed by atoms with Crippen molar-refractivity contribution in [2.45, 2.75) is 0 Å². The van der Waals surface area contributed by atoms with E-state index in [0.29, 0.717) is 10.8 Å². The number of aromatic carboxylic acids is 1. The molecule has 0 fully saturated rings. The molecule has 0 amide bonds. The number of anilines is 1. The molecule has 0 radical (unpaired) electrons. The molecule has 0 aliphatic carbocycles. The highest BCUT2D eigenvalue weighted by Crippen LogP contribution is 2.49. The van der Waals surface area contributed by atoms with Crippen LogP contribution in [-0.2, 0) is 0 Å². The van der Waals surface area contributed by atoms with Crippen LogP contribution >= 0.6 is 0 Å². The first-order chi connectivity index (χ1) is 12.4. The molecule has 26 heavy (non-hydrogen) atoms. The van der Waals surface area contributed by atoms with E-state index < -0.39 is 5.97 Å². The van der Waals surface area contributed by atoms with Gasteiger partial charge in [0.25, 0.3) is 0 Å². The highest BCUT2D eigenvalue weighted by Gasteiger charge is 2.28. The van der Waals surface area contributed by atoms with Crippen molar-refractivity contribution in [2.24, 2.45) is 0 Å². The first kappa shape index (κ1) is 16.1. The van der Waals surface area contributed by atoms with Crippen LogP contribution in [0.3, 0.4) is 0 Å². The topological polar surface area (TPSA) is 132 Å². The van der Waals surface area contributed by atoms with Gasteiger partial charge in [-0.2, -0.15) is 0 Å². The Balaban J connectivity index is 2.33. The maximum atomic E-state index is 12.1. The van der Waals surface area contributed by atoms with Gasteiger partial charge >= 0.3 is 5.97 Å². The minimum atomic E-state index is -1.30. The van der Waals surface area contributed by atoms with E-state index in [4.69, 9.17) is 14.2 Å². The monoisotopic (exact) mass is 358 g/mol. The predicted octanol–water partition coefficient (Wildman–Crippen LogP) is 2.09. The molecule has 3 aromatic carbocycles. The number of ether oxygens (including phenoxy) is 3. The van der Waals surface area contributed by atoms with Crippen molar-refractivity contribution in [1.82, 2.24) is 0 Å². The average Bonchev–Trinajstić information content (AvgIpc) is 3.07. The van der Waals surface area contributed by atoms with Gasteiger partial charge in [-0.15, -0.1) is 11.0 Å². The fourth-order valence-electron chi connectivity index (χ4n) is 3.23. The standard InChI is InChI=1S/C17H13NO8/c1-24-12-3-7(19)2-9-8(12)4-11(18(22)23)14-10(17(20)21)5-13-16(15(9)14)26-6-25-13/h2-5,19,22-23H,6H2,1H3,(H,20,21)/p-1. The Morgan fingerprint density at radius 1 is 1.15 bits per heavy atom. The molecular weight excluding hydrogens is 346 g/mol. The molecule has 9 nitrogen and oxygen atoms in total. The average molecular weight is 358 g/mol. The zero-order valence-corrected chi connectivity index (χ0v) is 13.3. The lowest BCUT2D eigenvalue weighted by Crippen LogP contribution is -2.13. The molecule has 0 bridgehead atoms. The number of methoxy groups -OCH3 is 1. The number of fused-ring (bicyclic) bond motifs is 5. The molecule has 3 N–H and O–H groups in total. The summed E-state index contributed by atoms with van der Waals surface area (Å²) < 4.78 is 16.0. The van der Waals surface area contributed by atoms with Crippen molar-refractivity contribution in [2.75, 3.05) is 19.1 Å². The zero-order valence-electron chi connectivity index (χ0n) is 13.3. The smallest absolute Gasteiger partial charge is 0.336 e. The lowest BCUT2D eigenvalue weighted by molar-refractivity contribution is -0.268.